The average Bonchev–Trinajstić information content (AvgIpc) is 3.53. The lowest BCUT2D eigenvalue weighted by Crippen LogP contribution is -2.55. The van der Waals surface area contributed by atoms with Crippen LogP contribution in [0.15, 0.2) is 76.7 Å². The summed E-state index contributed by atoms with van der Waals surface area (Å²) < 4.78 is 75.9. The van der Waals surface area contributed by atoms with Crippen LogP contribution in [0.2, 0.25) is 0 Å². The Labute approximate surface area is 233 Å². The molecule has 1 atom stereocenters. The van der Waals surface area contributed by atoms with E-state index in [2.05, 4.69) is 10.3 Å². The number of fused-ring (bicyclic) bond motifs is 2. The van der Waals surface area contributed by atoms with Crippen LogP contribution in [-0.4, -0.2) is 41.4 Å². The minimum Gasteiger partial charge on any atom is -0.297 e. The molecule has 206 valence electrons. The molecule has 12 heteroatoms. The number of thioether (sulfide) groups is 1. The molecular formula is C28H24F3N5O2S2. The van der Waals surface area contributed by atoms with Crippen molar-refractivity contribution in [3.8, 4) is 6.19 Å². The van der Waals surface area contributed by atoms with Crippen molar-refractivity contribution in [3.05, 3.63) is 89.4 Å². The molecule has 0 radical (unpaired) electrons. The summed E-state index contributed by atoms with van der Waals surface area (Å²) in [5.74, 6) is -0.569. The van der Waals surface area contributed by atoms with Crippen molar-refractivity contribution in [2.24, 2.45) is 0 Å². The highest BCUT2D eigenvalue weighted by Crippen LogP contribution is 2.50. The molecule has 5 rings (SSSR count). The third-order valence-corrected chi connectivity index (χ3v) is 9.51. The summed E-state index contributed by atoms with van der Waals surface area (Å²) in [6.07, 6.45) is -0.224. The van der Waals surface area contributed by atoms with E-state index in [9.17, 15) is 13.7 Å². The van der Waals surface area contributed by atoms with Crippen molar-refractivity contribution < 1.29 is 21.6 Å². The predicted molar refractivity (Wildman–Crippen MR) is 149 cm³/mol. The first-order valence-electron chi connectivity index (χ1n) is 12.1. The van der Waals surface area contributed by atoms with Gasteiger partial charge in [-0.3, -0.25) is 5.32 Å². The zero-order valence-electron chi connectivity index (χ0n) is 21.9. The first-order chi connectivity index (χ1) is 18.9. The van der Waals surface area contributed by atoms with Crippen LogP contribution in [0.3, 0.4) is 0 Å². The number of rotatable bonds is 6. The number of nitrogens with one attached hydrogen (secondary N) is 1. The number of imidazole rings is 1. The fourth-order valence-corrected chi connectivity index (χ4v) is 7.35. The quantitative estimate of drug-likeness (QED) is 0.250. The van der Waals surface area contributed by atoms with E-state index < -0.39 is 27.6 Å². The van der Waals surface area contributed by atoms with E-state index in [0.717, 1.165) is 32.9 Å². The summed E-state index contributed by atoms with van der Waals surface area (Å²) in [4.78, 5) is 4.58. The fourth-order valence-electron chi connectivity index (χ4n) is 5.18. The van der Waals surface area contributed by atoms with Gasteiger partial charge in [-0.05, 0) is 69.1 Å². The topological polar surface area (TPSA) is 92.7 Å². The Morgan fingerprint density at radius 2 is 1.73 bits per heavy atom. The maximum Gasteiger partial charge on any atom is 0.418 e. The van der Waals surface area contributed by atoms with Gasteiger partial charge in [-0.25, -0.2) is 21.9 Å². The van der Waals surface area contributed by atoms with Gasteiger partial charge in [-0.15, -0.1) is 11.8 Å². The Morgan fingerprint density at radius 3 is 2.33 bits per heavy atom. The average molecular weight is 584 g/mol. The maximum absolute atomic E-state index is 15.5. The highest BCUT2D eigenvalue weighted by atomic mass is 32.2. The van der Waals surface area contributed by atoms with Crippen molar-refractivity contribution >= 4 is 43.7 Å². The lowest BCUT2D eigenvalue weighted by Gasteiger charge is -2.36. The van der Waals surface area contributed by atoms with E-state index in [1.807, 2.05) is 13.1 Å². The number of benzene rings is 3. The first-order valence-corrected chi connectivity index (χ1v) is 14.7. The van der Waals surface area contributed by atoms with Crippen LogP contribution in [0.4, 0.5) is 13.2 Å². The van der Waals surface area contributed by atoms with Gasteiger partial charge in [0, 0.05) is 22.0 Å². The van der Waals surface area contributed by atoms with Crippen molar-refractivity contribution in [3.63, 3.8) is 0 Å². The fraction of sp³-hybridized carbons (Fsp3) is 0.214. The molecule has 0 aliphatic carbocycles. The first kappa shape index (κ1) is 27.8. The Kier molecular flexibility index (Phi) is 6.73. The molecule has 2 aromatic heterocycles. The van der Waals surface area contributed by atoms with E-state index in [0.29, 0.717) is 5.56 Å². The highest BCUT2D eigenvalue weighted by molar-refractivity contribution is 7.98. The summed E-state index contributed by atoms with van der Waals surface area (Å²) in [6, 6.07) is 15.5. The number of nitriles is 1. The molecule has 0 aliphatic rings. The highest BCUT2D eigenvalue weighted by Gasteiger charge is 2.61. The number of aromatic nitrogens is 3. The smallest absolute Gasteiger partial charge is 0.297 e. The van der Waals surface area contributed by atoms with Gasteiger partial charge in [-0.1, -0.05) is 29.8 Å². The normalized spacial score (nSPS) is 13.9. The van der Waals surface area contributed by atoms with Gasteiger partial charge in [0.25, 0.3) is 10.0 Å². The number of alkyl halides is 3. The molecule has 0 aliphatic heterocycles. The Balaban J connectivity index is 1.93. The second kappa shape index (κ2) is 9.69. The van der Waals surface area contributed by atoms with Crippen LogP contribution in [0, 0.1) is 25.3 Å². The van der Waals surface area contributed by atoms with Gasteiger partial charge in [-0.2, -0.15) is 18.4 Å². The van der Waals surface area contributed by atoms with Gasteiger partial charge in [0.05, 0.1) is 21.4 Å². The number of aryl methyl sites for hydroxylation is 2. The lowest BCUT2D eigenvalue weighted by atomic mass is 9.84. The summed E-state index contributed by atoms with van der Waals surface area (Å²) >= 11 is 1.09. The van der Waals surface area contributed by atoms with E-state index in [1.165, 1.54) is 36.5 Å². The monoisotopic (exact) mass is 583 g/mol. The van der Waals surface area contributed by atoms with Crippen LogP contribution >= 0.6 is 11.8 Å². The molecule has 7 nitrogen and oxygen atoms in total. The summed E-state index contributed by atoms with van der Waals surface area (Å²) in [5.41, 5.74) is -1.31. The molecule has 0 saturated heterocycles. The van der Waals surface area contributed by atoms with Gasteiger partial charge in [0.15, 0.2) is 12.0 Å². The summed E-state index contributed by atoms with van der Waals surface area (Å²) in [5, 5.41) is 12.5. The summed E-state index contributed by atoms with van der Waals surface area (Å²) in [7, 11) is -2.99. The van der Waals surface area contributed by atoms with Crippen LogP contribution in [0.1, 0.15) is 22.5 Å². The third-order valence-electron chi connectivity index (χ3n) is 7.06. The number of para-hydroxylation sites is 2. The maximum atomic E-state index is 15.5. The molecule has 0 bridgehead atoms. The molecule has 2 heterocycles. The molecule has 1 N–H and O–H groups in total. The van der Waals surface area contributed by atoms with E-state index in [-0.39, 0.29) is 37.3 Å². The van der Waals surface area contributed by atoms with E-state index >= 15 is 13.2 Å². The molecule has 0 amide bonds. The predicted octanol–water partition coefficient (Wildman–Crippen LogP) is 5.92. The second-order valence-electron chi connectivity index (χ2n) is 9.32. The van der Waals surface area contributed by atoms with Gasteiger partial charge >= 0.3 is 6.18 Å². The number of hydrogen-bond donors (Lipinski definition) is 1. The largest absolute Gasteiger partial charge is 0.418 e. The van der Waals surface area contributed by atoms with Crippen molar-refractivity contribution in [2.75, 3.05) is 13.3 Å². The third kappa shape index (κ3) is 3.91. The van der Waals surface area contributed by atoms with Gasteiger partial charge in [0.1, 0.15) is 0 Å². The Hall–Kier alpha value is -3.79. The molecular weight excluding hydrogens is 559 g/mol. The molecule has 5 aromatic rings. The van der Waals surface area contributed by atoms with Gasteiger partial charge in [0.2, 0.25) is 5.54 Å². The van der Waals surface area contributed by atoms with Crippen LogP contribution < -0.4 is 5.32 Å². The molecule has 0 saturated carbocycles. The van der Waals surface area contributed by atoms with Crippen molar-refractivity contribution in [1.29, 1.82) is 5.26 Å². The standard InChI is InChI=1S/C28H24F3N5O2S2/c1-17-9-11-19(12-10-17)40(37,38)36-14-13-20-24(23(39-4)15-18(2)25(20)36)27(33-3,28(29,30)31)26-34-21-7-5-6-8-22(21)35(26)16-32/h5-15,33H,1-4H3. The SMILES string of the molecule is CNC(c1c(SC)cc(C)c2c1ccn2S(=O)(=O)c1ccc(C)cc1)(c1nc2ccccc2n1C#N)C(F)(F)F. The Bertz CT molecular complexity index is 1920. The van der Waals surface area contributed by atoms with Crippen molar-refractivity contribution in [1.82, 2.24) is 18.8 Å². The molecule has 1 unspecified atom stereocenters. The minimum atomic E-state index is -5.00. The molecule has 3 aromatic carbocycles. The second-order valence-corrected chi connectivity index (χ2v) is 12.0. The Morgan fingerprint density at radius 1 is 1.05 bits per heavy atom. The molecule has 0 fully saturated rings. The zero-order chi connectivity index (χ0) is 29.0. The molecule has 40 heavy (non-hydrogen) atoms. The lowest BCUT2D eigenvalue weighted by molar-refractivity contribution is -0.188. The van der Waals surface area contributed by atoms with Crippen LogP contribution in [0.25, 0.3) is 21.9 Å². The van der Waals surface area contributed by atoms with Crippen LogP contribution in [0.5, 0.6) is 0 Å². The van der Waals surface area contributed by atoms with Crippen molar-refractivity contribution in [2.45, 2.75) is 35.4 Å². The van der Waals surface area contributed by atoms with E-state index in [1.54, 1.807) is 43.5 Å². The minimum absolute atomic E-state index is 0.00691. The molecule has 0 spiro atoms. The number of hydrogen-bond acceptors (Lipinski definition) is 6. The number of halogens is 3. The number of nitrogens with zero attached hydrogens (tertiary/aromatic N) is 4. The zero-order valence-corrected chi connectivity index (χ0v) is 23.5. The van der Waals surface area contributed by atoms with Crippen LogP contribution in [-0.2, 0) is 15.6 Å². The van der Waals surface area contributed by atoms with E-state index in [4.69, 9.17) is 0 Å². The summed E-state index contributed by atoms with van der Waals surface area (Å²) in [6.45, 7) is 3.48. The van der Waals surface area contributed by atoms with Gasteiger partial charge < -0.3 is 0 Å².